The number of nitrogens with zero attached hydrogens (tertiary/aromatic N) is 1. The Morgan fingerprint density at radius 2 is 0.457 bits per heavy atom. The first kappa shape index (κ1) is 35.4. The summed E-state index contributed by atoms with van der Waals surface area (Å²) in [7, 11) is -1.75. The van der Waals surface area contributed by atoms with Gasteiger partial charge in [-0.1, -0.05) is 115 Å². The van der Waals surface area contributed by atoms with Crippen molar-refractivity contribution in [1.29, 1.82) is 0 Å². The molecule has 5 heteroatoms. The third-order valence-corrected chi connectivity index (χ3v) is 12.4. The van der Waals surface area contributed by atoms with Crippen molar-refractivity contribution in [1.82, 2.24) is 4.98 Å². The van der Waals surface area contributed by atoms with Gasteiger partial charge in [-0.15, -0.1) is 0 Å². The summed E-state index contributed by atoms with van der Waals surface area (Å²) in [6, 6.07) is 70.7. The number of aromatic nitrogens is 1. The van der Waals surface area contributed by atoms with Crippen molar-refractivity contribution in [3.8, 4) is 0 Å². The Morgan fingerprint density at radius 3 is 0.587 bits per heavy atom. The summed E-state index contributed by atoms with van der Waals surface area (Å²) in [6.07, 6.45) is 3.50. The molecule has 232 valence electrons. The summed E-state index contributed by atoms with van der Waals surface area (Å²) in [5.74, 6) is 0. The molecule has 0 fully saturated rings. The van der Waals surface area contributed by atoms with Crippen molar-refractivity contribution >= 4 is 68.0 Å². The molecule has 0 amide bonds. The third kappa shape index (κ3) is 11.4. The van der Waals surface area contributed by atoms with Gasteiger partial charge < -0.3 is 0 Å². The molecule has 1 heterocycles. The summed E-state index contributed by atoms with van der Waals surface area (Å²) in [5.41, 5.74) is 0. The van der Waals surface area contributed by atoms with Crippen LogP contribution in [0.2, 0.25) is 0 Å². The number of rotatable bonds is 6. The molecule has 6 aromatic carbocycles. The van der Waals surface area contributed by atoms with Gasteiger partial charge in [0.15, 0.2) is 0 Å². The van der Waals surface area contributed by atoms with E-state index in [-0.39, 0.29) is 0 Å². The van der Waals surface area contributed by atoms with Gasteiger partial charge in [-0.2, -0.15) is 0 Å². The van der Waals surface area contributed by atoms with E-state index in [1.165, 1.54) is 31.8 Å². The molecule has 1 aromatic heterocycles. The standard InChI is InChI=1S/2C18H15P.C5H5N.Cu.HI/c2*1-4-10-16(11-5-1)19(17-12-6-2-7-13-17)18-14-8-3-9-15-18;1-2-4-6-5-3-1;;/h2*1-15H;1-5H;;1H/q;;;+1;/p+1. The van der Waals surface area contributed by atoms with E-state index in [2.05, 4.69) is 200 Å². The summed E-state index contributed by atoms with van der Waals surface area (Å²) in [5, 5.41) is 8.61. The molecule has 0 saturated heterocycles. The molecule has 1 nitrogen and oxygen atoms in total. The second kappa shape index (κ2) is 21.4. The maximum absolute atomic E-state index is 4.16. The van der Waals surface area contributed by atoms with Gasteiger partial charge in [-0.05, 0) is 84.9 Å². The van der Waals surface area contributed by atoms with Crippen LogP contribution < -0.4 is 31.8 Å². The molecule has 7 rings (SSSR count). The number of hydrogen-bond acceptors (Lipinski definition) is 1. The zero-order chi connectivity index (χ0) is 32.1. The fourth-order valence-corrected chi connectivity index (χ4v) is 10.1. The minimum absolute atomic E-state index is 0.877. The first-order valence-corrected chi connectivity index (χ1v) is 21.0. The molecular weight excluding hydrogens is 759 g/mol. The van der Waals surface area contributed by atoms with Crippen molar-refractivity contribution in [3.05, 3.63) is 213 Å². The van der Waals surface area contributed by atoms with E-state index in [9.17, 15) is 0 Å². The van der Waals surface area contributed by atoms with E-state index < -0.39 is 15.8 Å². The molecule has 0 atom stereocenters. The first-order chi connectivity index (χ1) is 22.9. The van der Waals surface area contributed by atoms with Gasteiger partial charge in [0.2, 0.25) is 0 Å². The van der Waals surface area contributed by atoms with E-state index in [1.54, 1.807) is 32.7 Å². The van der Waals surface area contributed by atoms with E-state index in [0.717, 1.165) is 0 Å². The number of hydrogen-bond donors (Lipinski definition) is 0. The smallest absolute Gasteiger partial charge is 0.102 e. The van der Waals surface area contributed by atoms with Gasteiger partial charge >= 0.3 is 33.1 Å². The maximum Gasteiger partial charge on any atom is 0.102 e. The molecule has 0 radical (unpaired) electrons. The van der Waals surface area contributed by atoms with Crippen LogP contribution in [0.1, 0.15) is 0 Å². The first-order valence-electron chi connectivity index (χ1n) is 14.9. The number of benzene rings is 6. The molecule has 46 heavy (non-hydrogen) atoms. The normalized spacial score (nSPS) is 9.93. The van der Waals surface area contributed by atoms with E-state index in [4.69, 9.17) is 0 Å². The van der Waals surface area contributed by atoms with Crippen LogP contribution in [0.15, 0.2) is 213 Å². The molecule has 7 aromatic rings. The largest absolute Gasteiger partial charge is 0.265 e. The predicted octanol–water partition coefficient (Wildman–Crippen LogP) is 8.32. The monoisotopic (exact) mass is 795 g/mol. The summed E-state index contributed by atoms with van der Waals surface area (Å²) >= 11 is 5.87. The molecule has 0 saturated carbocycles. The van der Waals surface area contributed by atoms with Crippen LogP contribution in [0, 0.1) is 0 Å². The Balaban J connectivity index is 0.000000169. The Hall–Kier alpha value is -3.42. The molecule has 0 N–H and O–H groups in total. The molecule has 0 aliphatic rings. The van der Waals surface area contributed by atoms with Gasteiger partial charge in [0.1, 0.15) is 31.8 Å². The Bertz CT molecular complexity index is 1400. The molecule has 0 aliphatic heterocycles. The predicted molar refractivity (Wildman–Crippen MR) is 211 cm³/mol. The van der Waals surface area contributed by atoms with Crippen LogP contribution in [0.4, 0.5) is 0 Å². The van der Waals surface area contributed by atoms with Crippen LogP contribution in [-0.4, -0.2) is 4.98 Å². The average molecular weight is 796 g/mol. The van der Waals surface area contributed by atoms with Gasteiger partial charge in [0.25, 0.3) is 0 Å². The van der Waals surface area contributed by atoms with Crippen LogP contribution in [-0.2, 0) is 12.8 Å². The Kier molecular flexibility index (Phi) is 16.5. The van der Waals surface area contributed by atoms with Crippen LogP contribution in [0.3, 0.4) is 0 Å². The van der Waals surface area contributed by atoms with Gasteiger partial charge in [0.05, 0.1) is 15.8 Å². The SMILES string of the molecule is [Cu][I].c1ccc([PH+](c2ccccc2)c2ccccc2)cc1.c1ccc([PH+](c2ccccc2)c2ccccc2)cc1.c1ccncc1. The fraction of sp³-hybridized carbons (Fsp3) is 0. The van der Waals surface area contributed by atoms with Crippen molar-refractivity contribution in [2.24, 2.45) is 0 Å². The minimum Gasteiger partial charge on any atom is -0.265 e. The van der Waals surface area contributed by atoms with Crippen LogP contribution in [0.5, 0.6) is 0 Å². The second-order valence-corrected chi connectivity index (χ2v) is 14.9. The van der Waals surface area contributed by atoms with Crippen LogP contribution >= 0.6 is 36.2 Å². The minimum atomic E-state index is -0.877. The van der Waals surface area contributed by atoms with Crippen molar-refractivity contribution < 1.29 is 12.8 Å². The molecule has 0 aliphatic carbocycles. The Labute approximate surface area is 296 Å². The van der Waals surface area contributed by atoms with E-state index in [1.807, 2.05) is 18.2 Å². The molecule has 0 unspecified atom stereocenters. The topological polar surface area (TPSA) is 12.9 Å². The van der Waals surface area contributed by atoms with E-state index in [0.29, 0.717) is 0 Å². The Morgan fingerprint density at radius 1 is 0.283 bits per heavy atom. The number of pyridine rings is 1. The van der Waals surface area contributed by atoms with Gasteiger partial charge in [0, 0.05) is 12.4 Å². The fourth-order valence-electron chi connectivity index (χ4n) is 4.94. The van der Waals surface area contributed by atoms with E-state index >= 15 is 0 Å². The zero-order valence-electron chi connectivity index (χ0n) is 25.3. The molecule has 0 bridgehead atoms. The van der Waals surface area contributed by atoms with Crippen molar-refractivity contribution in [3.63, 3.8) is 0 Å². The summed E-state index contributed by atoms with van der Waals surface area (Å²) in [6.45, 7) is 0. The van der Waals surface area contributed by atoms with Crippen molar-refractivity contribution in [2.75, 3.05) is 0 Å². The quantitative estimate of drug-likeness (QED) is 0.0939. The summed E-state index contributed by atoms with van der Waals surface area (Å²) < 4.78 is 0. The van der Waals surface area contributed by atoms with Crippen molar-refractivity contribution in [2.45, 2.75) is 0 Å². The number of halogens is 1. The second-order valence-electron chi connectivity index (χ2n) is 9.97. The molecule has 0 spiro atoms. The maximum atomic E-state index is 4.16. The van der Waals surface area contributed by atoms with Gasteiger partial charge in [-0.25, -0.2) is 0 Å². The zero-order valence-corrected chi connectivity index (χ0v) is 30.4. The molecular formula is C41H37CuINP2+2. The third-order valence-electron chi connectivity index (χ3n) is 6.94. The van der Waals surface area contributed by atoms with Crippen LogP contribution in [0.25, 0.3) is 0 Å². The average Bonchev–Trinajstić information content (AvgIpc) is 3.17. The van der Waals surface area contributed by atoms with Gasteiger partial charge in [-0.3, -0.25) is 4.98 Å². The summed E-state index contributed by atoms with van der Waals surface area (Å²) in [4.78, 5) is 3.78.